The molecule has 0 unspecified atom stereocenters. The van der Waals surface area contributed by atoms with Gasteiger partial charge in [0.2, 0.25) is 5.91 Å². The van der Waals surface area contributed by atoms with Gasteiger partial charge in [-0.05, 0) is 38.8 Å². The molecule has 1 aromatic rings. The van der Waals surface area contributed by atoms with E-state index in [1.165, 1.54) is 5.56 Å². The number of anilines is 1. The SMILES string of the molecule is CCCCNC(=O)CN(c1ccccc1C)C(C)C. The van der Waals surface area contributed by atoms with Crippen LogP contribution >= 0.6 is 0 Å². The predicted octanol–water partition coefficient (Wildman–Crippen LogP) is 3.13. The van der Waals surface area contributed by atoms with Crippen molar-refractivity contribution in [2.75, 3.05) is 18.0 Å². The van der Waals surface area contributed by atoms with Gasteiger partial charge in [0.15, 0.2) is 0 Å². The first kappa shape index (κ1) is 15.5. The van der Waals surface area contributed by atoms with E-state index in [1.807, 2.05) is 12.1 Å². The van der Waals surface area contributed by atoms with E-state index < -0.39 is 0 Å². The molecule has 0 saturated heterocycles. The Hall–Kier alpha value is -1.51. The van der Waals surface area contributed by atoms with Crippen LogP contribution in [0.4, 0.5) is 5.69 Å². The molecule has 3 heteroatoms. The number of nitrogens with zero attached hydrogens (tertiary/aromatic N) is 1. The quantitative estimate of drug-likeness (QED) is 0.766. The van der Waals surface area contributed by atoms with Crippen molar-refractivity contribution in [2.45, 2.75) is 46.6 Å². The number of hydrogen-bond acceptors (Lipinski definition) is 2. The minimum Gasteiger partial charge on any atom is -0.360 e. The summed E-state index contributed by atoms with van der Waals surface area (Å²) in [6.07, 6.45) is 2.14. The number of unbranched alkanes of at least 4 members (excludes halogenated alkanes) is 1. The van der Waals surface area contributed by atoms with Crippen molar-refractivity contribution in [3.05, 3.63) is 29.8 Å². The average molecular weight is 262 g/mol. The number of carbonyl (C=O) groups excluding carboxylic acids is 1. The summed E-state index contributed by atoms with van der Waals surface area (Å²) in [6, 6.07) is 8.51. The van der Waals surface area contributed by atoms with Crippen LogP contribution < -0.4 is 10.2 Å². The van der Waals surface area contributed by atoms with E-state index in [0.29, 0.717) is 12.6 Å². The number of amides is 1. The number of hydrogen-bond donors (Lipinski definition) is 1. The maximum absolute atomic E-state index is 12.0. The van der Waals surface area contributed by atoms with Crippen molar-refractivity contribution in [1.29, 1.82) is 0 Å². The van der Waals surface area contributed by atoms with Crippen LogP contribution in [-0.2, 0) is 4.79 Å². The second-order valence-electron chi connectivity index (χ2n) is 5.21. The Labute approximate surface area is 117 Å². The fraction of sp³-hybridized carbons (Fsp3) is 0.562. The van der Waals surface area contributed by atoms with Crippen LogP contribution in [0.5, 0.6) is 0 Å². The zero-order valence-corrected chi connectivity index (χ0v) is 12.6. The van der Waals surface area contributed by atoms with Crippen LogP contribution in [0.3, 0.4) is 0 Å². The van der Waals surface area contributed by atoms with Crippen molar-refractivity contribution in [2.24, 2.45) is 0 Å². The monoisotopic (exact) mass is 262 g/mol. The second kappa shape index (κ2) is 7.82. The lowest BCUT2D eigenvalue weighted by atomic mass is 10.1. The maximum Gasteiger partial charge on any atom is 0.239 e. The van der Waals surface area contributed by atoms with Crippen molar-refractivity contribution >= 4 is 11.6 Å². The Kier molecular flexibility index (Phi) is 6.40. The van der Waals surface area contributed by atoms with Gasteiger partial charge in [0.1, 0.15) is 0 Å². The second-order valence-corrected chi connectivity index (χ2v) is 5.21. The lowest BCUT2D eigenvalue weighted by Crippen LogP contribution is -2.41. The highest BCUT2D eigenvalue weighted by Crippen LogP contribution is 2.21. The highest BCUT2D eigenvalue weighted by atomic mass is 16.2. The zero-order chi connectivity index (χ0) is 14.3. The first-order valence-corrected chi connectivity index (χ1v) is 7.15. The molecule has 1 aromatic carbocycles. The van der Waals surface area contributed by atoms with Gasteiger partial charge in [-0.3, -0.25) is 4.79 Å². The highest BCUT2D eigenvalue weighted by Gasteiger charge is 2.15. The van der Waals surface area contributed by atoms with Crippen molar-refractivity contribution in [1.82, 2.24) is 5.32 Å². The third kappa shape index (κ3) is 4.93. The van der Waals surface area contributed by atoms with E-state index in [2.05, 4.69) is 50.0 Å². The van der Waals surface area contributed by atoms with Crippen LogP contribution in [-0.4, -0.2) is 25.0 Å². The summed E-state index contributed by atoms with van der Waals surface area (Å²) in [5.41, 5.74) is 2.35. The van der Waals surface area contributed by atoms with Crippen molar-refractivity contribution in [3.63, 3.8) is 0 Å². The summed E-state index contributed by atoms with van der Waals surface area (Å²) in [5.74, 6) is 0.102. The highest BCUT2D eigenvalue weighted by molar-refractivity contribution is 5.81. The Morgan fingerprint density at radius 2 is 2.00 bits per heavy atom. The first-order valence-electron chi connectivity index (χ1n) is 7.15. The molecule has 0 aliphatic rings. The molecule has 3 nitrogen and oxygen atoms in total. The van der Waals surface area contributed by atoms with Crippen molar-refractivity contribution < 1.29 is 4.79 Å². The van der Waals surface area contributed by atoms with Gasteiger partial charge in [0, 0.05) is 18.3 Å². The van der Waals surface area contributed by atoms with Gasteiger partial charge >= 0.3 is 0 Å². The van der Waals surface area contributed by atoms with Gasteiger partial charge in [-0.15, -0.1) is 0 Å². The lowest BCUT2D eigenvalue weighted by Gasteiger charge is -2.29. The Morgan fingerprint density at radius 1 is 1.32 bits per heavy atom. The predicted molar refractivity (Wildman–Crippen MR) is 81.6 cm³/mol. The molecule has 0 heterocycles. The van der Waals surface area contributed by atoms with Gasteiger partial charge in [0.05, 0.1) is 6.54 Å². The first-order chi connectivity index (χ1) is 9.06. The molecule has 1 N–H and O–H groups in total. The van der Waals surface area contributed by atoms with Gasteiger partial charge < -0.3 is 10.2 Å². The molecule has 106 valence electrons. The summed E-state index contributed by atoms with van der Waals surface area (Å²) in [7, 11) is 0. The minimum atomic E-state index is 0.102. The molecule has 0 bridgehead atoms. The molecule has 0 atom stereocenters. The standard InChI is InChI=1S/C16H26N2O/c1-5-6-11-17-16(19)12-18(13(2)3)15-10-8-7-9-14(15)4/h7-10,13H,5-6,11-12H2,1-4H3,(H,17,19). The molecule has 0 aliphatic carbocycles. The molecule has 0 radical (unpaired) electrons. The Bertz CT molecular complexity index is 401. The lowest BCUT2D eigenvalue weighted by molar-refractivity contribution is -0.119. The summed E-state index contributed by atoms with van der Waals surface area (Å²) in [4.78, 5) is 14.1. The Morgan fingerprint density at radius 3 is 2.58 bits per heavy atom. The van der Waals surface area contributed by atoms with E-state index in [-0.39, 0.29) is 5.91 Å². The molecule has 19 heavy (non-hydrogen) atoms. The van der Waals surface area contributed by atoms with E-state index in [9.17, 15) is 4.79 Å². The van der Waals surface area contributed by atoms with E-state index in [1.54, 1.807) is 0 Å². The van der Waals surface area contributed by atoms with Crippen LogP contribution in [0, 0.1) is 6.92 Å². The van der Waals surface area contributed by atoms with Crippen LogP contribution in [0.2, 0.25) is 0 Å². The summed E-state index contributed by atoms with van der Waals surface area (Å²) in [5, 5.41) is 2.98. The fourth-order valence-corrected chi connectivity index (χ4v) is 2.05. The summed E-state index contributed by atoms with van der Waals surface area (Å²) >= 11 is 0. The van der Waals surface area contributed by atoms with E-state index in [4.69, 9.17) is 0 Å². The van der Waals surface area contributed by atoms with Crippen molar-refractivity contribution in [3.8, 4) is 0 Å². The van der Waals surface area contributed by atoms with Gasteiger partial charge in [0.25, 0.3) is 0 Å². The molecule has 1 amide bonds. The molecule has 0 saturated carbocycles. The smallest absolute Gasteiger partial charge is 0.239 e. The van der Waals surface area contributed by atoms with Gasteiger partial charge in [-0.2, -0.15) is 0 Å². The molecule has 0 aliphatic heterocycles. The van der Waals surface area contributed by atoms with E-state index in [0.717, 1.165) is 25.1 Å². The number of benzene rings is 1. The normalized spacial score (nSPS) is 10.6. The largest absolute Gasteiger partial charge is 0.360 e. The van der Waals surface area contributed by atoms with Gasteiger partial charge in [-0.1, -0.05) is 31.5 Å². The third-order valence-corrected chi connectivity index (χ3v) is 3.21. The van der Waals surface area contributed by atoms with Crippen LogP contribution in [0.15, 0.2) is 24.3 Å². The molecule has 1 rings (SSSR count). The molecular weight excluding hydrogens is 236 g/mol. The Balaban J connectivity index is 2.69. The fourth-order valence-electron chi connectivity index (χ4n) is 2.05. The van der Waals surface area contributed by atoms with Gasteiger partial charge in [-0.25, -0.2) is 0 Å². The van der Waals surface area contributed by atoms with Crippen LogP contribution in [0.1, 0.15) is 39.2 Å². The number of aryl methyl sites for hydroxylation is 1. The number of nitrogens with one attached hydrogen (secondary N) is 1. The molecule has 0 spiro atoms. The third-order valence-electron chi connectivity index (χ3n) is 3.21. The van der Waals surface area contributed by atoms with Crippen LogP contribution in [0.25, 0.3) is 0 Å². The average Bonchev–Trinajstić information content (AvgIpc) is 2.37. The summed E-state index contributed by atoms with van der Waals surface area (Å²) < 4.78 is 0. The minimum absolute atomic E-state index is 0.102. The summed E-state index contributed by atoms with van der Waals surface area (Å²) in [6.45, 7) is 9.64. The zero-order valence-electron chi connectivity index (χ0n) is 12.6. The van der Waals surface area contributed by atoms with E-state index >= 15 is 0 Å². The maximum atomic E-state index is 12.0. The topological polar surface area (TPSA) is 32.3 Å². The number of carbonyl (C=O) groups is 1. The number of para-hydroxylation sites is 1. The number of rotatable bonds is 7. The molecule has 0 aromatic heterocycles. The molecule has 0 fully saturated rings. The molecular formula is C16H26N2O.